The average Bonchev–Trinajstić information content (AvgIpc) is 2.34. The second-order valence-electron chi connectivity index (χ2n) is 4.22. The highest BCUT2D eigenvalue weighted by molar-refractivity contribution is 5.27. The van der Waals surface area contributed by atoms with Gasteiger partial charge in [-0.05, 0) is 30.7 Å². The van der Waals surface area contributed by atoms with Gasteiger partial charge in [-0.15, -0.1) is 0 Å². The van der Waals surface area contributed by atoms with E-state index in [-0.39, 0.29) is 0 Å². The first kappa shape index (κ1) is 13.0. The number of ether oxygens (including phenoxy) is 1. The van der Waals surface area contributed by atoms with Crippen molar-refractivity contribution in [1.29, 1.82) is 0 Å². The van der Waals surface area contributed by atoms with Gasteiger partial charge in [0.05, 0.1) is 6.61 Å². The van der Waals surface area contributed by atoms with E-state index in [4.69, 9.17) is 4.74 Å². The van der Waals surface area contributed by atoms with Gasteiger partial charge < -0.3 is 10.1 Å². The molecule has 0 bridgehead atoms. The molecule has 1 aromatic rings. The van der Waals surface area contributed by atoms with E-state index < -0.39 is 0 Å². The molecule has 0 amide bonds. The van der Waals surface area contributed by atoms with Gasteiger partial charge in [-0.1, -0.05) is 32.9 Å². The van der Waals surface area contributed by atoms with Crippen LogP contribution < -0.4 is 10.1 Å². The van der Waals surface area contributed by atoms with Gasteiger partial charge in [0.25, 0.3) is 0 Å². The van der Waals surface area contributed by atoms with E-state index in [1.807, 2.05) is 0 Å². The topological polar surface area (TPSA) is 21.3 Å². The summed E-state index contributed by atoms with van der Waals surface area (Å²) in [5.74, 6) is 1.52. The van der Waals surface area contributed by atoms with Crippen LogP contribution in [0.25, 0.3) is 0 Å². The van der Waals surface area contributed by atoms with E-state index in [0.29, 0.717) is 5.92 Å². The van der Waals surface area contributed by atoms with Gasteiger partial charge in [0.1, 0.15) is 5.75 Å². The molecule has 0 aliphatic rings. The summed E-state index contributed by atoms with van der Waals surface area (Å²) in [5.41, 5.74) is 1.35. The van der Waals surface area contributed by atoms with Crippen molar-refractivity contribution in [2.45, 2.75) is 27.2 Å². The predicted molar refractivity (Wildman–Crippen MR) is 69.0 cm³/mol. The molecule has 90 valence electrons. The summed E-state index contributed by atoms with van der Waals surface area (Å²) in [7, 11) is 0. The summed E-state index contributed by atoms with van der Waals surface area (Å²) in [4.78, 5) is 0. The summed E-state index contributed by atoms with van der Waals surface area (Å²) >= 11 is 0. The van der Waals surface area contributed by atoms with Gasteiger partial charge in [0.15, 0.2) is 0 Å². The molecule has 0 aliphatic carbocycles. The molecule has 0 aromatic heterocycles. The minimum atomic E-state index is 0.547. The van der Waals surface area contributed by atoms with Gasteiger partial charge in [0.2, 0.25) is 0 Å². The number of hydrogen-bond acceptors (Lipinski definition) is 2. The molecule has 0 saturated carbocycles. The lowest BCUT2D eigenvalue weighted by Gasteiger charge is -2.13. The number of aryl methyl sites for hydroxylation is 1. The van der Waals surface area contributed by atoms with E-state index in [1.165, 1.54) is 5.56 Å². The average molecular weight is 221 g/mol. The Hall–Kier alpha value is -1.02. The summed E-state index contributed by atoms with van der Waals surface area (Å²) in [5, 5.41) is 3.32. The number of benzene rings is 1. The van der Waals surface area contributed by atoms with Crippen LogP contribution in [0.4, 0.5) is 0 Å². The molecular formula is C14H23NO. The Kier molecular flexibility index (Phi) is 5.94. The van der Waals surface area contributed by atoms with E-state index in [2.05, 4.69) is 50.4 Å². The van der Waals surface area contributed by atoms with Crippen molar-refractivity contribution < 1.29 is 4.74 Å². The highest BCUT2D eigenvalue weighted by Gasteiger charge is 2.02. The Morgan fingerprint density at radius 2 is 1.88 bits per heavy atom. The zero-order valence-corrected chi connectivity index (χ0v) is 10.6. The molecule has 0 spiro atoms. The first-order valence-corrected chi connectivity index (χ1v) is 6.18. The van der Waals surface area contributed by atoms with Crippen molar-refractivity contribution in [1.82, 2.24) is 5.32 Å². The monoisotopic (exact) mass is 221 g/mol. The minimum absolute atomic E-state index is 0.547. The normalized spacial score (nSPS) is 12.4. The predicted octanol–water partition coefficient (Wildman–Crippen LogP) is 2.87. The van der Waals surface area contributed by atoms with Crippen molar-refractivity contribution in [3.63, 3.8) is 0 Å². The molecule has 0 saturated heterocycles. The zero-order valence-electron chi connectivity index (χ0n) is 10.6. The van der Waals surface area contributed by atoms with Gasteiger partial charge in [0, 0.05) is 12.5 Å². The summed E-state index contributed by atoms with van der Waals surface area (Å²) in [6, 6.07) is 8.37. The van der Waals surface area contributed by atoms with Crippen LogP contribution in [0.5, 0.6) is 5.75 Å². The minimum Gasteiger partial charge on any atom is -0.493 e. The molecule has 1 aromatic carbocycles. The summed E-state index contributed by atoms with van der Waals surface area (Å²) in [6.45, 7) is 9.30. The van der Waals surface area contributed by atoms with Crippen LogP contribution in [0, 0.1) is 5.92 Å². The van der Waals surface area contributed by atoms with Crippen LogP contribution in [0.2, 0.25) is 0 Å². The summed E-state index contributed by atoms with van der Waals surface area (Å²) in [6.07, 6.45) is 1.08. The second-order valence-corrected chi connectivity index (χ2v) is 4.22. The lowest BCUT2D eigenvalue weighted by atomic mass is 10.1. The molecule has 0 heterocycles. The number of hydrogen-bond donors (Lipinski definition) is 1. The van der Waals surface area contributed by atoms with Crippen LogP contribution in [0.15, 0.2) is 24.3 Å². The van der Waals surface area contributed by atoms with Crippen LogP contribution in [-0.2, 0) is 6.42 Å². The number of nitrogens with one attached hydrogen (secondary N) is 1. The number of rotatable bonds is 7. The van der Waals surface area contributed by atoms with Crippen molar-refractivity contribution in [2.24, 2.45) is 5.92 Å². The van der Waals surface area contributed by atoms with Crippen molar-refractivity contribution in [3.05, 3.63) is 29.8 Å². The molecule has 1 N–H and O–H groups in total. The third-order valence-electron chi connectivity index (χ3n) is 2.61. The van der Waals surface area contributed by atoms with Gasteiger partial charge in [-0.3, -0.25) is 0 Å². The molecule has 2 nitrogen and oxygen atoms in total. The molecule has 0 fully saturated rings. The molecular weight excluding hydrogens is 198 g/mol. The maximum atomic E-state index is 5.72. The zero-order chi connectivity index (χ0) is 11.8. The van der Waals surface area contributed by atoms with Gasteiger partial charge >= 0.3 is 0 Å². The molecule has 0 aliphatic heterocycles. The fourth-order valence-corrected chi connectivity index (χ4v) is 1.51. The second kappa shape index (κ2) is 7.29. The van der Waals surface area contributed by atoms with Crippen LogP contribution in [0.1, 0.15) is 26.3 Å². The standard InChI is InChI=1S/C14H23NO/c1-4-13-6-8-14(9-7-13)16-11-12(3)10-15-5-2/h6-9,12,15H,4-5,10-11H2,1-3H3. The van der Waals surface area contributed by atoms with E-state index in [1.54, 1.807) is 0 Å². The Labute approximate surface area is 99.0 Å². The first-order chi connectivity index (χ1) is 7.76. The van der Waals surface area contributed by atoms with Gasteiger partial charge in [-0.2, -0.15) is 0 Å². The Bertz CT molecular complexity index is 281. The molecule has 1 atom stereocenters. The van der Waals surface area contributed by atoms with Gasteiger partial charge in [-0.25, -0.2) is 0 Å². The van der Waals surface area contributed by atoms with Crippen molar-refractivity contribution in [2.75, 3.05) is 19.7 Å². The van der Waals surface area contributed by atoms with Crippen LogP contribution in [-0.4, -0.2) is 19.7 Å². The Balaban J connectivity index is 2.30. The Morgan fingerprint density at radius 1 is 1.19 bits per heavy atom. The SMILES string of the molecule is CCNCC(C)COc1ccc(CC)cc1. The van der Waals surface area contributed by atoms with Crippen LogP contribution >= 0.6 is 0 Å². The van der Waals surface area contributed by atoms with E-state index >= 15 is 0 Å². The maximum Gasteiger partial charge on any atom is 0.119 e. The molecule has 1 unspecified atom stereocenters. The summed E-state index contributed by atoms with van der Waals surface area (Å²) < 4.78 is 5.72. The molecule has 0 radical (unpaired) electrons. The third kappa shape index (κ3) is 4.67. The van der Waals surface area contributed by atoms with E-state index in [9.17, 15) is 0 Å². The van der Waals surface area contributed by atoms with E-state index in [0.717, 1.165) is 31.9 Å². The fraction of sp³-hybridized carbons (Fsp3) is 0.571. The Morgan fingerprint density at radius 3 is 2.44 bits per heavy atom. The quantitative estimate of drug-likeness (QED) is 0.764. The largest absolute Gasteiger partial charge is 0.493 e. The lowest BCUT2D eigenvalue weighted by molar-refractivity contribution is 0.256. The fourth-order valence-electron chi connectivity index (χ4n) is 1.51. The smallest absolute Gasteiger partial charge is 0.119 e. The van der Waals surface area contributed by atoms with Crippen LogP contribution in [0.3, 0.4) is 0 Å². The van der Waals surface area contributed by atoms with Crippen molar-refractivity contribution in [3.8, 4) is 5.75 Å². The molecule has 2 heteroatoms. The molecule has 16 heavy (non-hydrogen) atoms. The highest BCUT2D eigenvalue weighted by Crippen LogP contribution is 2.13. The van der Waals surface area contributed by atoms with Crippen molar-refractivity contribution >= 4 is 0 Å². The molecule has 1 rings (SSSR count). The maximum absolute atomic E-state index is 5.72. The third-order valence-corrected chi connectivity index (χ3v) is 2.61. The highest BCUT2D eigenvalue weighted by atomic mass is 16.5. The lowest BCUT2D eigenvalue weighted by Crippen LogP contribution is -2.24. The first-order valence-electron chi connectivity index (χ1n) is 6.18.